The van der Waals surface area contributed by atoms with E-state index in [0.29, 0.717) is 0 Å². The number of carboxylic acid groups (broad SMARTS) is 1. The number of carbonyl (C=O) groups is 1. The molecule has 0 aromatic rings. The van der Waals surface area contributed by atoms with Gasteiger partial charge in [-0.25, -0.2) is 4.57 Å². The van der Waals surface area contributed by atoms with Gasteiger partial charge in [-0.2, -0.15) is 0 Å². The first-order valence-corrected chi connectivity index (χ1v) is 3.88. The maximum atomic E-state index is 9.34. The molecule has 1 atom stereocenters. The van der Waals surface area contributed by atoms with Crippen molar-refractivity contribution >= 4 is 13.8 Å². The van der Waals surface area contributed by atoms with Crippen molar-refractivity contribution in [2.24, 2.45) is 0 Å². The van der Waals surface area contributed by atoms with Crippen molar-refractivity contribution in [1.82, 2.24) is 0 Å². The SMILES string of the molecule is CC(O)C(=O)[O-].O=P(O)(O)O.[Na+]. The van der Waals surface area contributed by atoms with Crippen molar-refractivity contribution in [1.29, 1.82) is 0 Å². The summed E-state index contributed by atoms with van der Waals surface area (Å²) in [5.74, 6) is -1.44. The maximum absolute atomic E-state index is 9.34. The Kier molecular flexibility index (Phi) is 12.5. The smallest absolute Gasteiger partial charge is 0.547 e. The second-order valence-corrected chi connectivity index (χ2v) is 2.53. The van der Waals surface area contributed by atoms with Crippen LogP contribution in [0.3, 0.4) is 0 Å². The average molecular weight is 210 g/mol. The van der Waals surface area contributed by atoms with Gasteiger partial charge in [0.25, 0.3) is 0 Å². The molecule has 7 nitrogen and oxygen atoms in total. The molecule has 0 radical (unpaired) electrons. The Bertz CT molecular complexity index is 154. The van der Waals surface area contributed by atoms with Gasteiger partial charge in [0.2, 0.25) is 0 Å². The first-order chi connectivity index (χ1) is 4.64. The molecule has 12 heavy (non-hydrogen) atoms. The summed E-state index contributed by atoms with van der Waals surface area (Å²) in [6, 6.07) is 0. The number of rotatable bonds is 1. The molecule has 9 heteroatoms. The second kappa shape index (κ2) is 8.15. The zero-order valence-electron chi connectivity index (χ0n) is 6.54. The van der Waals surface area contributed by atoms with E-state index >= 15 is 0 Å². The van der Waals surface area contributed by atoms with Crippen LogP contribution in [-0.2, 0) is 9.36 Å². The van der Waals surface area contributed by atoms with Gasteiger partial charge >= 0.3 is 37.4 Å². The Labute approximate surface area is 90.6 Å². The number of aliphatic hydroxyl groups is 1. The van der Waals surface area contributed by atoms with E-state index in [1.54, 1.807) is 0 Å². The molecule has 0 aliphatic rings. The van der Waals surface area contributed by atoms with Crippen LogP contribution in [0.15, 0.2) is 0 Å². The third kappa shape index (κ3) is 46.5. The maximum Gasteiger partial charge on any atom is 1.00 e. The predicted molar refractivity (Wildman–Crippen MR) is 31.0 cm³/mol. The van der Waals surface area contributed by atoms with Gasteiger partial charge in [-0.15, -0.1) is 0 Å². The zero-order chi connectivity index (χ0) is 9.65. The topological polar surface area (TPSA) is 138 Å². The van der Waals surface area contributed by atoms with Gasteiger partial charge in [-0.05, 0) is 6.92 Å². The number of carbonyl (C=O) groups excluding carboxylic acids is 1. The Morgan fingerprint density at radius 2 is 1.50 bits per heavy atom. The fourth-order valence-electron chi connectivity index (χ4n) is 0. The van der Waals surface area contributed by atoms with Crippen LogP contribution in [0.25, 0.3) is 0 Å². The normalized spacial score (nSPS) is 11.8. The van der Waals surface area contributed by atoms with Gasteiger partial charge < -0.3 is 29.7 Å². The third-order valence-corrected chi connectivity index (χ3v) is 0.341. The molecule has 0 saturated carbocycles. The van der Waals surface area contributed by atoms with Crippen LogP contribution >= 0.6 is 7.82 Å². The number of aliphatic carboxylic acids is 1. The summed E-state index contributed by atoms with van der Waals surface area (Å²) in [7, 11) is -4.64. The predicted octanol–water partition coefficient (Wildman–Crippen LogP) is -5.81. The molecule has 68 valence electrons. The Morgan fingerprint density at radius 3 is 1.50 bits per heavy atom. The molecule has 0 amide bonds. The van der Waals surface area contributed by atoms with Gasteiger partial charge in [0.05, 0.1) is 12.1 Å². The number of carboxylic acids is 1. The molecule has 0 heterocycles. The van der Waals surface area contributed by atoms with Crippen molar-refractivity contribution in [3.8, 4) is 0 Å². The van der Waals surface area contributed by atoms with Crippen molar-refractivity contribution < 1.29 is 63.8 Å². The quantitative estimate of drug-likeness (QED) is 0.250. The Hall–Kier alpha value is 0.540. The van der Waals surface area contributed by atoms with Crippen LogP contribution in [0.1, 0.15) is 6.92 Å². The summed E-state index contributed by atoms with van der Waals surface area (Å²) in [5.41, 5.74) is 0. The van der Waals surface area contributed by atoms with Crippen molar-refractivity contribution in [2.75, 3.05) is 0 Å². The number of hydrogen-bond acceptors (Lipinski definition) is 4. The number of phosphoric acid groups is 1. The van der Waals surface area contributed by atoms with Crippen LogP contribution in [0.5, 0.6) is 0 Å². The summed E-state index contributed by atoms with van der Waals surface area (Å²) in [4.78, 5) is 30.9. The molecular weight excluding hydrogens is 202 g/mol. The van der Waals surface area contributed by atoms with Crippen LogP contribution in [0, 0.1) is 0 Å². The average Bonchev–Trinajstić information content (AvgIpc) is 1.59. The molecule has 0 aromatic heterocycles. The second-order valence-electron chi connectivity index (χ2n) is 1.51. The van der Waals surface area contributed by atoms with Gasteiger partial charge in [0, 0.05) is 0 Å². The Balaban J connectivity index is -0.000000126. The summed E-state index contributed by atoms with van der Waals surface area (Å²) in [6.07, 6.45) is -1.34. The van der Waals surface area contributed by atoms with E-state index in [1.165, 1.54) is 0 Å². The van der Waals surface area contributed by atoms with Crippen LogP contribution in [0.4, 0.5) is 0 Å². The monoisotopic (exact) mass is 210 g/mol. The standard InChI is InChI=1S/C3H6O3.Na.H3O4P/c1-2(4)3(5)6;;1-5(2,3)4/h2,4H,1H3,(H,5,6);;(H3,1,2,3,4)/q;+1;/p-1. The summed E-state index contributed by atoms with van der Waals surface area (Å²) < 4.78 is 8.88. The molecule has 0 saturated heterocycles. The third-order valence-electron chi connectivity index (χ3n) is 0.341. The van der Waals surface area contributed by atoms with E-state index in [-0.39, 0.29) is 29.6 Å². The summed E-state index contributed by atoms with van der Waals surface area (Å²) >= 11 is 0. The molecule has 0 aliphatic carbocycles. The van der Waals surface area contributed by atoms with E-state index in [0.717, 1.165) is 6.92 Å². The van der Waals surface area contributed by atoms with Gasteiger partial charge in [-0.1, -0.05) is 0 Å². The first kappa shape index (κ1) is 18.3. The van der Waals surface area contributed by atoms with Crippen molar-refractivity contribution in [3.05, 3.63) is 0 Å². The fourth-order valence-corrected chi connectivity index (χ4v) is 0. The van der Waals surface area contributed by atoms with Crippen LogP contribution < -0.4 is 34.7 Å². The van der Waals surface area contributed by atoms with Crippen molar-refractivity contribution in [3.63, 3.8) is 0 Å². The molecule has 0 aromatic carbocycles. The van der Waals surface area contributed by atoms with Gasteiger partial charge in [0.15, 0.2) is 0 Å². The summed E-state index contributed by atoms with van der Waals surface area (Å²) in [5, 5.41) is 17.3. The van der Waals surface area contributed by atoms with E-state index in [2.05, 4.69) is 0 Å². The molecular formula is C3H8NaO7P. The molecule has 4 N–H and O–H groups in total. The number of aliphatic hydroxyl groups excluding tert-OH is 1. The first-order valence-electron chi connectivity index (χ1n) is 2.32. The van der Waals surface area contributed by atoms with Gasteiger partial charge in [-0.3, -0.25) is 0 Å². The largest absolute Gasteiger partial charge is 1.00 e. The fraction of sp³-hybridized carbons (Fsp3) is 0.667. The minimum absolute atomic E-state index is 0. The van der Waals surface area contributed by atoms with Crippen LogP contribution in [-0.4, -0.2) is 31.9 Å². The van der Waals surface area contributed by atoms with Crippen molar-refractivity contribution in [2.45, 2.75) is 13.0 Å². The molecule has 0 spiro atoms. The van der Waals surface area contributed by atoms with Crippen LogP contribution in [0.2, 0.25) is 0 Å². The van der Waals surface area contributed by atoms with E-state index < -0.39 is 19.9 Å². The molecule has 0 rings (SSSR count). The van der Waals surface area contributed by atoms with Gasteiger partial charge in [0.1, 0.15) is 0 Å². The van der Waals surface area contributed by atoms with E-state index in [1.807, 2.05) is 0 Å². The zero-order valence-corrected chi connectivity index (χ0v) is 9.43. The Morgan fingerprint density at radius 1 is 1.42 bits per heavy atom. The summed E-state index contributed by atoms with van der Waals surface area (Å²) in [6.45, 7) is 1.13. The molecule has 1 unspecified atom stereocenters. The molecule has 0 fully saturated rings. The number of hydrogen-bond donors (Lipinski definition) is 4. The minimum Gasteiger partial charge on any atom is -0.547 e. The minimum atomic E-state index is -4.64. The van der Waals surface area contributed by atoms with E-state index in [4.69, 9.17) is 24.4 Å². The van der Waals surface area contributed by atoms with E-state index in [9.17, 15) is 9.90 Å². The molecule has 0 bridgehead atoms. The molecule has 0 aliphatic heterocycles.